The molecule has 38 heavy (non-hydrogen) atoms. The van der Waals surface area contributed by atoms with Gasteiger partial charge in [-0.3, -0.25) is 0 Å². The van der Waals surface area contributed by atoms with Crippen LogP contribution in [0.25, 0.3) is 0 Å². The molecule has 0 heterocycles. The second-order valence-corrected chi connectivity index (χ2v) is 11.1. The van der Waals surface area contributed by atoms with Crippen LogP contribution in [-0.4, -0.2) is 43.1 Å². The van der Waals surface area contributed by atoms with Crippen molar-refractivity contribution in [2.24, 2.45) is 5.92 Å². The topological polar surface area (TPSA) is 61.8 Å². The molecule has 3 rings (SSSR count). The molecule has 2 atom stereocenters. The minimum atomic E-state index is -1.50. The van der Waals surface area contributed by atoms with Gasteiger partial charge in [0.05, 0.1) is 6.61 Å². The third-order valence-corrected chi connectivity index (χ3v) is 8.00. The first-order chi connectivity index (χ1) is 18.4. The van der Waals surface area contributed by atoms with Gasteiger partial charge in [-0.15, -0.1) is 0 Å². The monoisotopic (exact) mass is 536 g/mol. The quantitative estimate of drug-likeness (QED) is 0.227. The van der Waals surface area contributed by atoms with Gasteiger partial charge in [0.25, 0.3) is 0 Å². The third-order valence-electron chi connectivity index (χ3n) is 8.00. The Kier molecular flexibility index (Phi) is 12.8. The lowest BCUT2D eigenvalue weighted by molar-refractivity contribution is -0.158. The highest BCUT2D eigenvalue weighted by molar-refractivity contribution is 5.75. The highest BCUT2D eigenvalue weighted by Crippen LogP contribution is 2.35. The Morgan fingerprint density at radius 2 is 1.24 bits per heavy atom. The first-order valence-corrected chi connectivity index (χ1v) is 14.8. The van der Waals surface area contributed by atoms with E-state index in [1.807, 2.05) is 26.0 Å². The fourth-order valence-electron chi connectivity index (χ4n) is 5.46. The molecule has 0 unspecified atom stereocenters. The molecule has 7 heteroatoms. The number of hydrogen-bond donors (Lipinski definition) is 0. The van der Waals surface area contributed by atoms with Gasteiger partial charge in [-0.05, 0) is 93.7 Å². The van der Waals surface area contributed by atoms with E-state index < -0.39 is 24.3 Å². The molecule has 0 aliphatic heterocycles. The van der Waals surface area contributed by atoms with Crippen molar-refractivity contribution in [2.75, 3.05) is 6.61 Å². The molecule has 0 radical (unpaired) electrons. The average molecular weight is 537 g/mol. The summed E-state index contributed by atoms with van der Waals surface area (Å²) in [4.78, 5) is 23.9. The molecule has 5 nitrogen and oxygen atoms in total. The normalized spacial score (nSPS) is 25.3. The molecular weight excluding hydrogens is 490 g/mol. The summed E-state index contributed by atoms with van der Waals surface area (Å²) >= 11 is 0. The molecule has 0 bridgehead atoms. The largest absolute Gasteiger partial charge is 0.493 e. The van der Waals surface area contributed by atoms with Crippen LogP contribution in [0.15, 0.2) is 24.3 Å². The molecule has 2 aliphatic rings. The van der Waals surface area contributed by atoms with Crippen molar-refractivity contribution in [1.82, 2.24) is 0 Å². The zero-order valence-corrected chi connectivity index (χ0v) is 23.2. The Bertz CT molecular complexity index is 829. The van der Waals surface area contributed by atoms with E-state index in [4.69, 9.17) is 14.2 Å². The van der Waals surface area contributed by atoms with Crippen LogP contribution in [0.3, 0.4) is 0 Å². The number of hydrogen-bond acceptors (Lipinski definition) is 5. The van der Waals surface area contributed by atoms with E-state index in [1.54, 1.807) is 0 Å². The Labute approximate surface area is 227 Å². The van der Waals surface area contributed by atoms with Crippen molar-refractivity contribution in [2.45, 2.75) is 134 Å². The molecule has 0 aromatic heterocycles. The highest BCUT2D eigenvalue weighted by Gasteiger charge is 2.29. The predicted molar refractivity (Wildman–Crippen MR) is 144 cm³/mol. The van der Waals surface area contributed by atoms with Crippen molar-refractivity contribution in [3.05, 3.63) is 29.8 Å². The van der Waals surface area contributed by atoms with Gasteiger partial charge in [0, 0.05) is 0 Å². The number of halogens is 2. The summed E-state index contributed by atoms with van der Waals surface area (Å²) < 4.78 is 44.6. The second kappa shape index (κ2) is 16.0. The smallest absolute Gasteiger partial charge is 0.340 e. The second-order valence-electron chi connectivity index (χ2n) is 11.1. The van der Waals surface area contributed by atoms with Gasteiger partial charge in [-0.1, -0.05) is 51.7 Å². The minimum Gasteiger partial charge on any atom is -0.493 e. The van der Waals surface area contributed by atoms with Crippen molar-refractivity contribution in [3.8, 4) is 5.75 Å². The van der Waals surface area contributed by atoms with Crippen molar-refractivity contribution >= 4 is 11.9 Å². The van der Waals surface area contributed by atoms with Crippen molar-refractivity contribution < 1.29 is 32.6 Å². The predicted octanol–water partition coefficient (Wildman–Crippen LogP) is 7.79. The summed E-state index contributed by atoms with van der Waals surface area (Å²) in [5.74, 6) is 0.235. The Morgan fingerprint density at radius 3 is 1.71 bits per heavy atom. The molecule has 2 fully saturated rings. The molecule has 0 N–H and O–H groups in total. The summed E-state index contributed by atoms with van der Waals surface area (Å²) in [5.41, 5.74) is 1.25. The standard InChI is InChI=1S/C31H46F2O5/c1-3-5-7-28(32)30(34)37-26-15-9-22(10-16-26)21-36-25-17-11-23(12-18-25)24-13-19-27(20-14-24)38-31(35)29(33)8-6-4-2/h11-12,17-18,22,24,26-29H,3-10,13-16,19-21H2,1-2H3/t22?,24?,26?,27?,28-,29-/m0/s1. The van der Waals surface area contributed by atoms with Crippen LogP contribution in [0.5, 0.6) is 5.75 Å². The molecule has 2 aliphatic carbocycles. The number of rotatable bonds is 14. The lowest BCUT2D eigenvalue weighted by Crippen LogP contribution is -2.30. The molecule has 0 saturated heterocycles. The van der Waals surface area contributed by atoms with E-state index in [0.29, 0.717) is 31.3 Å². The molecule has 1 aromatic rings. The highest BCUT2D eigenvalue weighted by atomic mass is 19.1. The van der Waals surface area contributed by atoms with E-state index in [9.17, 15) is 18.4 Å². The van der Waals surface area contributed by atoms with Crippen LogP contribution in [0.4, 0.5) is 8.78 Å². The summed E-state index contributed by atoms with van der Waals surface area (Å²) in [6.07, 6.45) is 6.90. The summed E-state index contributed by atoms with van der Waals surface area (Å²) in [6.45, 7) is 4.57. The first kappa shape index (κ1) is 30.4. The maximum atomic E-state index is 13.9. The first-order valence-electron chi connectivity index (χ1n) is 14.8. The zero-order valence-electron chi connectivity index (χ0n) is 23.2. The van der Waals surface area contributed by atoms with E-state index in [0.717, 1.165) is 70.0 Å². The maximum absolute atomic E-state index is 13.9. The fraction of sp³-hybridized carbons (Fsp3) is 0.742. The van der Waals surface area contributed by atoms with Crippen molar-refractivity contribution in [3.63, 3.8) is 0 Å². The number of alkyl halides is 2. The van der Waals surface area contributed by atoms with Crippen LogP contribution >= 0.6 is 0 Å². The number of carbonyl (C=O) groups is 2. The minimum absolute atomic E-state index is 0.181. The van der Waals surface area contributed by atoms with Gasteiger partial charge in [0.1, 0.15) is 18.0 Å². The van der Waals surface area contributed by atoms with Crippen LogP contribution in [0.1, 0.15) is 115 Å². The molecular formula is C31H46F2O5. The van der Waals surface area contributed by atoms with Crippen LogP contribution in [0.2, 0.25) is 0 Å². The molecule has 214 valence electrons. The van der Waals surface area contributed by atoms with Gasteiger partial charge in [-0.2, -0.15) is 0 Å². The van der Waals surface area contributed by atoms with E-state index >= 15 is 0 Å². The summed E-state index contributed by atoms with van der Waals surface area (Å²) in [5, 5.41) is 0. The fourth-order valence-corrected chi connectivity index (χ4v) is 5.46. The number of ether oxygens (including phenoxy) is 3. The number of esters is 2. The van der Waals surface area contributed by atoms with Gasteiger partial charge in [0.15, 0.2) is 12.3 Å². The third kappa shape index (κ3) is 9.85. The van der Waals surface area contributed by atoms with E-state index in [2.05, 4.69) is 12.1 Å². The lowest BCUT2D eigenvalue weighted by Gasteiger charge is -2.29. The summed E-state index contributed by atoms with van der Waals surface area (Å²) in [7, 11) is 0. The molecule has 1 aromatic carbocycles. The number of carbonyl (C=O) groups excluding carboxylic acids is 2. The lowest BCUT2D eigenvalue weighted by atomic mass is 9.82. The van der Waals surface area contributed by atoms with Crippen LogP contribution < -0.4 is 4.74 Å². The average Bonchev–Trinajstić information content (AvgIpc) is 2.94. The summed E-state index contributed by atoms with van der Waals surface area (Å²) in [6, 6.07) is 8.23. The van der Waals surface area contributed by atoms with E-state index in [1.165, 1.54) is 5.56 Å². The Morgan fingerprint density at radius 1 is 0.763 bits per heavy atom. The van der Waals surface area contributed by atoms with E-state index in [-0.39, 0.29) is 25.0 Å². The molecule has 0 amide bonds. The molecule has 2 saturated carbocycles. The van der Waals surface area contributed by atoms with Crippen LogP contribution in [0, 0.1) is 5.92 Å². The number of benzene rings is 1. The van der Waals surface area contributed by atoms with Crippen LogP contribution in [-0.2, 0) is 19.1 Å². The maximum Gasteiger partial charge on any atom is 0.340 e. The van der Waals surface area contributed by atoms with Gasteiger partial charge in [0.2, 0.25) is 0 Å². The van der Waals surface area contributed by atoms with Gasteiger partial charge < -0.3 is 14.2 Å². The van der Waals surface area contributed by atoms with Gasteiger partial charge in [-0.25, -0.2) is 18.4 Å². The molecule has 0 spiro atoms. The Hall–Kier alpha value is -2.18. The number of unbranched alkanes of at least 4 members (excludes halogenated alkanes) is 2. The zero-order chi connectivity index (χ0) is 27.3. The Balaban J connectivity index is 1.33. The van der Waals surface area contributed by atoms with Crippen molar-refractivity contribution in [1.29, 1.82) is 0 Å². The van der Waals surface area contributed by atoms with Gasteiger partial charge >= 0.3 is 11.9 Å². The SMILES string of the molecule is CCCC[C@H](F)C(=O)OC1CCC(COc2ccc(C3CCC(OC(=O)[C@@H](F)CCCC)CC3)cc2)CC1.